The summed E-state index contributed by atoms with van der Waals surface area (Å²) in [5.41, 5.74) is 0. The summed E-state index contributed by atoms with van der Waals surface area (Å²) in [6.07, 6.45) is 1.71. The van der Waals surface area contributed by atoms with Crippen LogP contribution in [0.2, 0.25) is 6.04 Å². The van der Waals surface area contributed by atoms with Gasteiger partial charge in [0.2, 0.25) is 0 Å². The molecule has 0 spiro atoms. The van der Waals surface area contributed by atoms with Crippen LogP contribution in [-0.4, -0.2) is 49.5 Å². The van der Waals surface area contributed by atoms with Crippen molar-refractivity contribution in [2.24, 2.45) is 0 Å². The van der Waals surface area contributed by atoms with E-state index in [1.54, 1.807) is 14.2 Å². The molecule has 0 heterocycles. The van der Waals surface area contributed by atoms with E-state index in [2.05, 4.69) is 6.58 Å². The van der Waals surface area contributed by atoms with Crippen molar-refractivity contribution in [3.63, 3.8) is 0 Å². The van der Waals surface area contributed by atoms with Gasteiger partial charge in [0.1, 0.15) is 0 Å². The van der Waals surface area contributed by atoms with Crippen LogP contribution in [0.3, 0.4) is 0 Å². The number of carbonyl (C=O) groups is 1. The second kappa shape index (κ2) is 10.8. The van der Waals surface area contributed by atoms with E-state index in [-0.39, 0.29) is 12.3 Å². The van der Waals surface area contributed by atoms with E-state index >= 15 is 0 Å². The zero-order chi connectivity index (χ0) is 12.2. The Balaban J connectivity index is 3.21. The van der Waals surface area contributed by atoms with Gasteiger partial charge in [0.05, 0.1) is 13.2 Å². The molecule has 0 rings (SSSR count). The first-order valence-corrected chi connectivity index (χ1v) is 6.74. The van der Waals surface area contributed by atoms with Crippen LogP contribution in [0, 0.1) is 0 Å². The Bertz CT molecular complexity index is 194. The first kappa shape index (κ1) is 15.3. The number of ether oxygens (including phenoxy) is 3. The highest BCUT2D eigenvalue weighted by molar-refractivity contribution is 6.26. The molecule has 0 aliphatic carbocycles. The lowest BCUT2D eigenvalue weighted by molar-refractivity contribution is -0.137. The Labute approximate surface area is 98.6 Å². The lowest BCUT2D eigenvalue weighted by Gasteiger charge is -2.13. The molecule has 0 unspecified atom stereocenters. The minimum Gasteiger partial charge on any atom is -0.463 e. The highest BCUT2D eigenvalue weighted by Gasteiger charge is 2.03. The molecule has 5 nitrogen and oxygen atoms in total. The van der Waals surface area contributed by atoms with Gasteiger partial charge in [0.25, 0.3) is 0 Å². The zero-order valence-electron chi connectivity index (χ0n) is 9.94. The molecule has 16 heavy (non-hydrogen) atoms. The fraction of sp³-hybridized carbons (Fsp3) is 0.700. The monoisotopic (exact) mass is 248 g/mol. The minimum absolute atomic E-state index is 0.286. The predicted molar refractivity (Wildman–Crippen MR) is 62.9 cm³/mol. The third-order valence-corrected chi connectivity index (χ3v) is 3.19. The van der Waals surface area contributed by atoms with Crippen LogP contribution >= 0.6 is 0 Å². The highest BCUT2D eigenvalue weighted by Crippen LogP contribution is 1.95. The standard InChI is InChI=1S/C10H20O5Si/c1-4-9(11)14-6-5-7-16-15-8-10(12-2)13-3/h4,10H,1,5-8,16H2,2-3H3. The van der Waals surface area contributed by atoms with Crippen molar-refractivity contribution in [2.45, 2.75) is 18.8 Å². The summed E-state index contributed by atoms with van der Waals surface area (Å²) in [4.78, 5) is 10.7. The number of hydrogen-bond donors (Lipinski definition) is 0. The summed E-state index contributed by atoms with van der Waals surface area (Å²) >= 11 is 0. The van der Waals surface area contributed by atoms with Crippen molar-refractivity contribution in [3.05, 3.63) is 12.7 Å². The summed E-state index contributed by atoms with van der Waals surface area (Å²) in [6.45, 7) is 4.20. The Kier molecular flexibility index (Phi) is 10.3. The lowest BCUT2D eigenvalue weighted by Crippen LogP contribution is -2.21. The summed E-state index contributed by atoms with van der Waals surface area (Å²) in [5.74, 6) is -0.374. The molecule has 0 saturated carbocycles. The van der Waals surface area contributed by atoms with E-state index in [9.17, 15) is 4.79 Å². The maximum absolute atomic E-state index is 10.7. The molecule has 94 valence electrons. The van der Waals surface area contributed by atoms with Crippen molar-refractivity contribution in [3.8, 4) is 0 Å². The molecular formula is C10H20O5Si. The van der Waals surface area contributed by atoms with Gasteiger partial charge in [0.15, 0.2) is 16.1 Å². The van der Waals surface area contributed by atoms with Gasteiger partial charge >= 0.3 is 5.97 Å². The number of rotatable bonds is 10. The maximum atomic E-state index is 10.7. The SMILES string of the molecule is C=CC(=O)OCCC[SiH2]OCC(OC)OC. The van der Waals surface area contributed by atoms with Gasteiger partial charge in [0, 0.05) is 20.3 Å². The molecule has 6 heteroatoms. The van der Waals surface area contributed by atoms with Gasteiger partial charge < -0.3 is 18.6 Å². The quantitative estimate of drug-likeness (QED) is 0.182. The molecule has 0 aromatic carbocycles. The second-order valence-corrected chi connectivity index (χ2v) is 4.58. The highest BCUT2D eigenvalue weighted by atomic mass is 28.2. The molecule has 0 aromatic heterocycles. The molecule has 0 amide bonds. The summed E-state index contributed by atoms with van der Waals surface area (Å²) < 4.78 is 20.2. The van der Waals surface area contributed by atoms with Crippen molar-refractivity contribution in [1.82, 2.24) is 0 Å². The first-order chi connectivity index (χ1) is 7.74. The smallest absolute Gasteiger partial charge is 0.330 e. The van der Waals surface area contributed by atoms with Crippen molar-refractivity contribution in [2.75, 3.05) is 27.4 Å². The Hall–Kier alpha value is -0.693. The molecule has 0 aromatic rings. The average molecular weight is 248 g/mol. The fourth-order valence-corrected chi connectivity index (χ4v) is 1.92. The van der Waals surface area contributed by atoms with Crippen LogP contribution in [0.4, 0.5) is 0 Å². The van der Waals surface area contributed by atoms with Crippen LogP contribution in [0.1, 0.15) is 6.42 Å². The van der Waals surface area contributed by atoms with E-state index in [1.807, 2.05) is 0 Å². The largest absolute Gasteiger partial charge is 0.463 e. The Morgan fingerprint density at radius 1 is 1.44 bits per heavy atom. The van der Waals surface area contributed by atoms with E-state index in [0.29, 0.717) is 13.2 Å². The second-order valence-electron chi connectivity index (χ2n) is 3.05. The molecule has 0 aliphatic heterocycles. The van der Waals surface area contributed by atoms with Gasteiger partial charge in [-0.05, 0) is 12.5 Å². The van der Waals surface area contributed by atoms with Gasteiger partial charge in [-0.3, -0.25) is 0 Å². The summed E-state index contributed by atoms with van der Waals surface area (Å²) in [5, 5.41) is 0. The van der Waals surface area contributed by atoms with Crippen LogP contribution in [-0.2, 0) is 23.4 Å². The van der Waals surface area contributed by atoms with Gasteiger partial charge in [-0.1, -0.05) is 6.58 Å². The van der Waals surface area contributed by atoms with Crippen LogP contribution in [0.25, 0.3) is 0 Å². The van der Waals surface area contributed by atoms with Gasteiger partial charge in [-0.25, -0.2) is 4.79 Å². The number of hydrogen-bond acceptors (Lipinski definition) is 5. The van der Waals surface area contributed by atoms with E-state index in [0.717, 1.165) is 18.5 Å². The Morgan fingerprint density at radius 3 is 2.69 bits per heavy atom. The normalized spacial score (nSPS) is 11.2. The molecule has 0 N–H and O–H groups in total. The lowest BCUT2D eigenvalue weighted by atomic mass is 10.5. The van der Waals surface area contributed by atoms with E-state index in [1.165, 1.54) is 0 Å². The minimum atomic E-state index is -0.578. The maximum Gasteiger partial charge on any atom is 0.330 e. The third-order valence-electron chi connectivity index (χ3n) is 1.87. The van der Waals surface area contributed by atoms with Crippen LogP contribution < -0.4 is 0 Å². The van der Waals surface area contributed by atoms with Gasteiger partial charge in [-0.15, -0.1) is 0 Å². The average Bonchev–Trinajstić information content (AvgIpc) is 2.32. The molecule has 0 saturated heterocycles. The zero-order valence-corrected chi connectivity index (χ0v) is 11.4. The van der Waals surface area contributed by atoms with E-state index < -0.39 is 9.76 Å². The molecular weight excluding hydrogens is 228 g/mol. The first-order valence-electron chi connectivity index (χ1n) is 5.17. The van der Waals surface area contributed by atoms with Crippen molar-refractivity contribution in [1.29, 1.82) is 0 Å². The van der Waals surface area contributed by atoms with E-state index in [4.69, 9.17) is 18.6 Å². The molecule has 0 bridgehead atoms. The van der Waals surface area contributed by atoms with Crippen LogP contribution in [0.15, 0.2) is 12.7 Å². The number of carbonyl (C=O) groups excluding carboxylic acids is 1. The van der Waals surface area contributed by atoms with Crippen molar-refractivity contribution < 1.29 is 23.4 Å². The topological polar surface area (TPSA) is 54.0 Å². The molecule has 0 radical (unpaired) electrons. The van der Waals surface area contributed by atoms with Gasteiger partial charge in [-0.2, -0.15) is 0 Å². The molecule has 0 aliphatic rings. The summed E-state index contributed by atoms with van der Waals surface area (Å²) in [7, 11) is 2.58. The van der Waals surface area contributed by atoms with Crippen molar-refractivity contribution >= 4 is 15.7 Å². The predicted octanol–water partition coefficient (Wildman–Crippen LogP) is 0.243. The van der Waals surface area contributed by atoms with Crippen LogP contribution in [0.5, 0.6) is 0 Å². The number of methoxy groups -OCH3 is 2. The molecule has 0 atom stereocenters. The third kappa shape index (κ3) is 8.60. The Morgan fingerprint density at radius 2 is 2.12 bits per heavy atom. The fourth-order valence-electron chi connectivity index (χ4n) is 0.950. The summed E-state index contributed by atoms with van der Waals surface area (Å²) in [6, 6.07) is 0.963. The molecule has 0 fully saturated rings. The number of esters is 1.